The van der Waals surface area contributed by atoms with Crippen LogP contribution >= 0.6 is 15.9 Å². The fourth-order valence-corrected chi connectivity index (χ4v) is 5.45. The Balaban J connectivity index is 1.25. The summed E-state index contributed by atoms with van der Waals surface area (Å²) in [6, 6.07) is 29.9. The minimum atomic E-state index is -0.511. The Labute approximate surface area is 260 Å². The van der Waals surface area contributed by atoms with Crippen LogP contribution in [0.15, 0.2) is 117 Å². The zero-order valence-electron chi connectivity index (χ0n) is 23.4. The molecule has 2 amide bonds. The van der Waals surface area contributed by atoms with E-state index in [0.29, 0.717) is 43.1 Å². The molecule has 5 aromatic rings. The summed E-state index contributed by atoms with van der Waals surface area (Å²) in [4.78, 5) is 46.0. The number of hydrogen-bond acceptors (Lipinski definition) is 7. The third-order valence-electron chi connectivity index (χ3n) is 7.31. The first-order chi connectivity index (χ1) is 21.4. The summed E-state index contributed by atoms with van der Waals surface area (Å²) in [5.41, 5.74) is 3.28. The smallest absolute Gasteiger partial charge is 0.270 e. The Bertz CT molecular complexity index is 1950. The monoisotopic (exact) mass is 651 g/mol. The second-order valence-corrected chi connectivity index (χ2v) is 11.1. The molecule has 1 fully saturated rings. The number of benzene rings is 4. The Hall–Kier alpha value is -5.29. The van der Waals surface area contributed by atoms with Crippen LogP contribution in [0.4, 0.5) is 22.7 Å². The number of fused-ring (bicyclic) bond motifs is 1. The Kier molecular flexibility index (Phi) is 8.20. The minimum Gasteiger partial charge on any atom is -0.438 e. The maximum Gasteiger partial charge on any atom is 0.270 e. The van der Waals surface area contributed by atoms with Gasteiger partial charge in [0, 0.05) is 53.7 Å². The first kappa shape index (κ1) is 28.8. The van der Waals surface area contributed by atoms with Gasteiger partial charge in [-0.25, -0.2) is 4.99 Å². The number of carbonyl (C=O) groups excluding carboxylic acids is 2. The lowest BCUT2D eigenvalue weighted by molar-refractivity contribution is -0.384. The summed E-state index contributed by atoms with van der Waals surface area (Å²) in [6.07, 6.45) is 0. The van der Waals surface area contributed by atoms with Gasteiger partial charge in [0.25, 0.3) is 17.5 Å². The lowest BCUT2D eigenvalue weighted by atomic mass is 10.1. The van der Waals surface area contributed by atoms with Gasteiger partial charge in [0.05, 0.1) is 22.0 Å². The molecule has 0 atom stereocenters. The summed E-state index contributed by atoms with van der Waals surface area (Å²) >= 11 is 3.52. The lowest BCUT2D eigenvalue weighted by Gasteiger charge is -2.37. The second-order valence-electron chi connectivity index (χ2n) is 10.2. The fraction of sp³-hybridized carbons (Fsp3) is 0.121. The van der Waals surface area contributed by atoms with Gasteiger partial charge in [0.2, 0.25) is 5.55 Å². The van der Waals surface area contributed by atoms with Crippen molar-refractivity contribution < 1.29 is 18.9 Å². The van der Waals surface area contributed by atoms with Crippen molar-refractivity contribution in [3.05, 3.63) is 134 Å². The van der Waals surface area contributed by atoms with Gasteiger partial charge in [-0.1, -0.05) is 58.4 Å². The van der Waals surface area contributed by atoms with Crippen LogP contribution in [0, 0.1) is 10.1 Å². The SMILES string of the molecule is O=C(Nc1cc(Br)ccc1N1CCN(C(=O)c2cccc([N+](=O)[O-])c2)CC1)c1cc2ccccc2oc1=Nc1ccccc1. The summed E-state index contributed by atoms with van der Waals surface area (Å²) in [6.45, 7) is 1.83. The van der Waals surface area contributed by atoms with Crippen molar-refractivity contribution in [2.75, 3.05) is 36.4 Å². The average molecular weight is 653 g/mol. The molecule has 4 aromatic carbocycles. The van der Waals surface area contributed by atoms with Crippen LogP contribution in [0.5, 0.6) is 0 Å². The van der Waals surface area contributed by atoms with Gasteiger partial charge in [0.1, 0.15) is 11.1 Å². The van der Waals surface area contributed by atoms with Gasteiger partial charge in [-0.15, -0.1) is 0 Å². The van der Waals surface area contributed by atoms with Gasteiger partial charge < -0.3 is 19.5 Å². The number of nitro groups is 1. The standard InChI is InChI=1S/C33H26BrN5O5/c34-24-13-14-29(37-15-17-38(18-16-37)33(41)23-8-6-11-26(19-23)39(42)43)28(21-24)36-31(40)27-20-22-7-4-5-12-30(22)44-32(27)35-25-9-2-1-3-10-25/h1-14,19-21H,15-18H2,(H,36,40). The molecule has 0 radical (unpaired) electrons. The largest absolute Gasteiger partial charge is 0.438 e. The van der Waals surface area contributed by atoms with Crippen LogP contribution in [0.1, 0.15) is 20.7 Å². The van der Waals surface area contributed by atoms with Gasteiger partial charge in [-0.05, 0) is 48.5 Å². The van der Waals surface area contributed by atoms with Gasteiger partial charge in [0.15, 0.2) is 0 Å². The molecule has 11 heteroatoms. The predicted molar refractivity (Wildman–Crippen MR) is 171 cm³/mol. The topological polar surface area (TPSA) is 121 Å². The fourth-order valence-electron chi connectivity index (χ4n) is 5.09. The summed E-state index contributed by atoms with van der Waals surface area (Å²) < 4.78 is 6.88. The number of nitro benzene ring substituents is 1. The third-order valence-corrected chi connectivity index (χ3v) is 7.80. The lowest BCUT2D eigenvalue weighted by Crippen LogP contribution is -2.49. The molecular formula is C33H26BrN5O5. The molecular weight excluding hydrogens is 626 g/mol. The number of para-hydroxylation sites is 2. The molecule has 0 saturated carbocycles. The van der Waals surface area contributed by atoms with E-state index in [0.717, 1.165) is 15.5 Å². The number of anilines is 2. The maximum absolute atomic E-state index is 13.8. The quantitative estimate of drug-likeness (QED) is 0.164. The first-order valence-corrected chi connectivity index (χ1v) is 14.7. The van der Waals surface area contributed by atoms with Crippen LogP contribution in [0.25, 0.3) is 11.0 Å². The van der Waals surface area contributed by atoms with E-state index in [1.807, 2.05) is 72.8 Å². The third kappa shape index (κ3) is 6.23. The highest BCUT2D eigenvalue weighted by molar-refractivity contribution is 9.10. The minimum absolute atomic E-state index is 0.122. The molecule has 44 heavy (non-hydrogen) atoms. The van der Waals surface area contributed by atoms with Gasteiger partial charge >= 0.3 is 0 Å². The van der Waals surface area contributed by atoms with E-state index >= 15 is 0 Å². The molecule has 10 nitrogen and oxygen atoms in total. The highest BCUT2D eigenvalue weighted by Gasteiger charge is 2.25. The number of amides is 2. The van der Waals surface area contributed by atoms with Crippen molar-refractivity contribution in [1.29, 1.82) is 0 Å². The number of rotatable bonds is 6. The highest BCUT2D eigenvalue weighted by Crippen LogP contribution is 2.31. The molecule has 0 unspecified atom stereocenters. The zero-order valence-corrected chi connectivity index (χ0v) is 24.9. The molecule has 0 aliphatic carbocycles. The second kappa shape index (κ2) is 12.5. The highest BCUT2D eigenvalue weighted by atomic mass is 79.9. The molecule has 6 rings (SSSR count). The normalized spacial score (nSPS) is 13.6. The molecule has 0 bridgehead atoms. The van der Waals surface area contributed by atoms with Gasteiger partial charge in [-0.2, -0.15) is 0 Å². The van der Waals surface area contributed by atoms with Crippen LogP contribution in [0.3, 0.4) is 0 Å². The first-order valence-electron chi connectivity index (χ1n) is 13.9. The molecule has 1 aliphatic heterocycles. The van der Waals surface area contributed by atoms with E-state index < -0.39 is 4.92 Å². The molecule has 1 saturated heterocycles. The van der Waals surface area contributed by atoms with Crippen molar-refractivity contribution in [2.24, 2.45) is 4.99 Å². The average Bonchev–Trinajstić information content (AvgIpc) is 3.05. The van der Waals surface area contributed by atoms with E-state index in [2.05, 4.69) is 31.1 Å². The number of carbonyl (C=O) groups is 2. The van der Waals surface area contributed by atoms with Crippen LogP contribution in [-0.4, -0.2) is 47.8 Å². The molecule has 0 spiro atoms. The zero-order chi connectivity index (χ0) is 30.6. The van der Waals surface area contributed by atoms with Crippen LogP contribution < -0.4 is 15.8 Å². The van der Waals surface area contributed by atoms with Crippen molar-refractivity contribution >= 4 is 61.5 Å². The van der Waals surface area contributed by atoms with Crippen molar-refractivity contribution in [3.8, 4) is 0 Å². The summed E-state index contributed by atoms with van der Waals surface area (Å²) in [5.74, 6) is -0.638. The van der Waals surface area contributed by atoms with Crippen molar-refractivity contribution in [1.82, 2.24) is 4.90 Å². The van der Waals surface area contributed by atoms with Crippen molar-refractivity contribution in [3.63, 3.8) is 0 Å². The number of non-ortho nitro benzene ring substituents is 1. The Morgan fingerprint density at radius 3 is 2.39 bits per heavy atom. The number of nitrogens with one attached hydrogen (secondary N) is 1. The number of piperazine rings is 1. The summed E-state index contributed by atoms with van der Waals surface area (Å²) in [5, 5.41) is 15.0. The van der Waals surface area contributed by atoms with E-state index in [1.54, 1.807) is 17.0 Å². The molecule has 1 aromatic heterocycles. The van der Waals surface area contributed by atoms with E-state index in [-0.39, 0.29) is 34.2 Å². The number of nitrogens with zero attached hydrogens (tertiary/aromatic N) is 4. The van der Waals surface area contributed by atoms with E-state index in [9.17, 15) is 19.7 Å². The molecule has 1 aliphatic rings. The van der Waals surface area contributed by atoms with E-state index in [4.69, 9.17) is 4.42 Å². The Morgan fingerprint density at radius 2 is 1.61 bits per heavy atom. The molecule has 220 valence electrons. The Morgan fingerprint density at radius 1 is 0.864 bits per heavy atom. The van der Waals surface area contributed by atoms with Crippen LogP contribution in [0.2, 0.25) is 0 Å². The number of hydrogen-bond donors (Lipinski definition) is 1. The maximum atomic E-state index is 13.8. The van der Waals surface area contributed by atoms with Crippen molar-refractivity contribution in [2.45, 2.75) is 0 Å². The van der Waals surface area contributed by atoms with Gasteiger partial charge in [-0.3, -0.25) is 19.7 Å². The summed E-state index contributed by atoms with van der Waals surface area (Å²) in [7, 11) is 0. The van der Waals surface area contributed by atoms with E-state index in [1.165, 1.54) is 18.2 Å². The predicted octanol–water partition coefficient (Wildman–Crippen LogP) is 6.55. The molecule has 1 N–H and O–H groups in total. The number of halogens is 1. The van der Waals surface area contributed by atoms with Crippen LogP contribution in [-0.2, 0) is 0 Å². The molecule has 2 heterocycles.